The molecule has 1 heterocycles. The summed E-state index contributed by atoms with van der Waals surface area (Å²) in [5.41, 5.74) is 0.809. The normalized spacial score (nSPS) is 10.3. The molecule has 23 heavy (non-hydrogen) atoms. The molecule has 7 nitrogen and oxygen atoms in total. The molecule has 2 N–H and O–H groups in total. The maximum absolute atomic E-state index is 11.8. The molecule has 2 rings (SSSR count). The highest BCUT2D eigenvalue weighted by atomic mass is 32.1. The predicted molar refractivity (Wildman–Crippen MR) is 89.1 cm³/mol. The van der Waals surface area contributed by atoms with Gasteiger partial charge in [-0.15, -0.1) is 0 Å². The molecule has 0 saturated heterocycles. The van der Waals surface area contributed by atoms with Crippen LogP contribution in [-0.2, 0) is 9.53 Å². The van der Waals surface area contributed by atoms with Crippen molar-refractivity contribution in [3.63, 3.8) is 0 Å². The Balaban J connectivity index is 1.78. The van der Waals surface area contributed by atoms with Gasteiger partial charge < -0.3 is 14.8 Å². The fourth-order valence-corrected chi connectivity index (χ4v) is 2.81. The van der Waals surface area contributed by atoms with Gasteiger partial charge in [-0.2, -0.15) is 0 Å². The van der Waals surface area contributed by atoms with Gasteiger partial charge in [-0.05, 0) is 31.0 Å². The smallest absolute Gasteiger partial charge is 0.321 e. The van der Waals surface area contributed by atoms with Gasteiger partial charge in [0.15, 0.2) is 5.13 Å². The van der Waals surface area contributed by atoms with Crippen LogP contribution < -0.4 is 15.4 Å². The van der Waals surface area contributed by atoms with Gasteiger partial charge in [-0.1, -0.05) is 11.3 Å². The summed E-state index contributed by atoms with van der Waals surface area (Å²) in [5.74, 6) is 0.516. The van der Waals surface area contributed by atoms with Crippen LogP contribution in [0.3, 0.4) is 0 Å². The Hall–Kier alpha value is -2.35. The molecule has 124 valence electrons. The van der Waals surface area contributed by atoms with Crippen molar-refractivity contribution in [3.05, 3.63) is 18.2 Å². The number of rotatable bonds is 7. The third kappa shape index (κ3) is 5.10. The summed E-state index contributed by atoms with van der Waals surface area (Å²) in [6.45, 7) is 0.488. The van der Waals surface area contributed by atoms with E-state index in [4.69, 9.17) is 4.74 Å². The average molecular weight is 337 g/mol. The molecule has 0 aliphatic heterocycles. The number of fused-ring (bicyclic) bond motifs is 1. The van der Waals surface area contributed by atoms with Gasteiger partial charge >= 0.3 is 12.0 Å². The second-order valence-electron chi connectivity index (χ2n) is 4.77. The predicted octanol–water partition coefficient (Wildman–Crippen LogP) is 2.77. The number of nitrogens with zero attached hydrogens (tertiary/aromatic N) is 1. The average Bonchev–Trinajstić information content (AvgIpc) is 2.95. The number of anilines is 1. The van der Waals surface area contributed by atoms with Crippen LogP contribution in [0.4, 0.5) is 9.93 Å². The van der Waals surface area contributed by atoms with Crippen LogP contribution in [0, 0.1) is 0 Å². The summed E-state index contributed by atoms with van der Waals surface area (Å²) in [7, 11) is 2.97. The molecule has 1 aromatic heterocycles. The molecule has 0 radical (unpaired) electrons. The first-order chi connectivity index (χ1) is 11.1. The van der Waals surface area contributed by atoms with E-state index in [1.54, 1.807) is 7.11 Å². The van der Waals surface area contributed by atoms with Gasteiger partial charge in [0.05, 0.1) is 24.4 Å². The Kier molecular flexibility index (Phi) is 6.16. The van der Waals surface area contributed by atoms with Crippen LogP contribution >= 0.6 is 11.3 Å². The number of hydrogen-bond donors (Lipinski definition) is 2. The third-order valence-corrected chi connectivity index (χ3v) is 4.07. The molecule has 0 saturated carbocycles. The zero-order chi connectivity index (χ0) is 16.7. The van der Waals surface area contributed by atoms with Crippen molar-refractivity contribution in [2.24, 2.45) is 0 Å². The molecule has 0 fully saturated rings. The lowest BCUT2D eigenvalue weighted by Gasteiger charge is -2.04. The topological polar surface area (TPSA) is 89.5 Å². The summed E-state index contributed by atoms with van der Waals surface area (Å²) < 4.78 is 10.6. The van der Waals surface area contributed by atoms with E-state index in [0.717, 1.165) is 16.0 Å². The van der Waals surface area contributed by atoms with Crippen LogP contribution in [0.25, 0.3) is 10.2 Å². The summed E-state index contributed by atoms with van der Waals surface area (Å²) in [6, 6.07) is 5.24. The van der Waals surface area contributed by atoms with E-state index in [-0.39, 0.29) is 12.0 Å². The molecule has 0 aliphatic rings. The minimum atomic E-state index is -0.311. The lowest BCUT2D eigenvalue weighted by atomic mass is 10.2. The number of ether oxygens (including phenoxy) is 2. The highest BCUT2D eigenvalue weighted by molar-refractivity contribution is 7.22. The molecule has 0 aliphatic carbocycles. The number of carbonyl (C=O) groups is 2. The van der Waals surface area contributed by atoms with Gasteiger partial charge in [0.2, 0.25) is 0 Å². The fraction of sp³-hybridized carbons (Fsp3) is 0.400. The molecule has 8 heteroatoms. The van der Waals surface area contributed by atoms with Crippen molar-refractivity contribution >= 4 is 38.7 Å². The monoisotopic (exact) mass is 337 g/mol. The maximum atomic E-state index is 11.8. The second-order valence-corrected chi connectivity index (χ2v) is 5.80. The molecule has 2 amide bonds. The molecule has 0 bridgehead atoms. The standard InChI is InChI=1S/C15H19N3O4S/c1-21-10-6-7-11-12(9-10)23-15(17-11)18-14(20)16-8-4-3-5-13(19)22-2/h6-7,9H,3-5,8H2,1-2H3,(H2,16,17,18,20). The maximum Gasteiger partial charge on any atom is 0.321 e. The number of amides is 2. The second kappa shape index (κ2) is 8.33. The number of esters is 1. The van der Waals surface area contributed by atoms with Crippen molar-refractivity contribution in [1.29, 1.82) is 0 Å². The molecule has 0 spiro atoms. The van der Waals surface area contributed by atoms with E-state index >= 15 is 0 Å². The summed E-state index contributed by atoms with van der Waals surface area (Å²) in [6.07, 6.45) is 1.74. The van der Waals surface area contributed by atoms with Gasteiger partial charge in [0.25, 0.3) is 0 Å². The van der Waals surface area contributed by atoms with Crippen molar-refractivity contribution in [2.45, 2.75) is 19.3 Å². The van der Waals surface area contributed by atoms with Crippen molar-refractivity contribution in [3.8, 4) is 5.75 Å². The zero-order valence-corrected chi connectivity index (χ0v) is 13.9. The zero-order valence-electron chi connectivity index (χ0n) is 13.0. The van der Waals surface area contributed by atoms with Gasteiger partial charge in [0, 0.05) is 13.0 Å². The number of aromatic nitrogens is 1. The lowest BCUT2D eigenvalue weighted by molar-refractivity contribution is -0.140. The van der Waals surface area contributed by atoms with Crippen LogP contribution in [0.15, 0.2) is 18.2 Å². The van der Waals surface area contributed by atoms with Crippen molar-refractivity contribution in [2.75, 3.05) is 26.1 Å². The van der Waals surface area contributed by atoms with E-state index < -0.39 is 0 Å². The van der Waals surface area contributed by atoms with E-state index in [2.05, 4.69) is 20.4 Å². The van der Waals surface area contributed by atoms with E-state index in [1.165, 1.54) is 18.4 Å². The number of benzene rings is 1. The Morgan fingerprint density at radius 3 is 2.83 bits per heavy atom. The van der Waals surface area contributed by atoms with Crippen LogP contribution in [-0.4, -0.2) is 37.7 Å². The molecule has 0 unspecified atom stereocenters. The van der Waals surface area contributed by atoms with Crippen molar-refractivity contribution in [1.82, 2.24) is 10.3 Å². The number of carbonyl (C=O) groups excluding carboxylic acids is 2. The molecule has 0 atom stereocenters. The van der Waals surface area contributed by atoms with Gasteiger partial charge in [0.1, 0.15) is 5.75 Å². The highest BCUT2D eigenvalue weighted by Gasteiger charge is 2.08. The summed E-state index contributed by atoms with van der Waals surface area (Å²) >= 11 is 1.38. The number of hydrogen-bond acceptors (Lipinski definition) is 6. The number of urea groups is 1. The van der Waals surface area contributed by atoms with E-state index in [0.29, 0.717) is 30.9 Å². The SMILES string of the molecule is COC(=O)CCCCNC(=O)Nc1nc2ccc(OC)cc2s1. The van der Waals surface area contributed by atoms with Crippen LogP contribution in [0.2, 0.25) is 0 Å². The minimum absolute atomic E-state index is 0.237. The number of nitrogens with one attached hydrogen (secondary N) is 2. The summed E-state index contributed by atoms with van der Waals surface area (Å²) in [4.78, 5) is 27.1. The third-order valence-electron chi connectivity index (χ3n) is 3.14. The van der Waals surface area contributed by atoms with E-state index in [1.807, 2.05) is 18.2 Å². The van der Waals surface area contributed by atoms with Crippen molar-refractivity contribution < 1.29 is 19.1 Å². The Labute approximate surface area is 138 Å². The first-order valence-electron chi connectivity index (χ1n) is 7.18. The number of methoxy groups -OCH3 is 2. The van der Waals surface area contributed by atoms with E-state index in [9.17, 15) is 9.59 Å². The molecular weight excluding hydrogens is 318 g/mol. The highest BCUT2D eigenvalue weighted by Crippen LogP contribution is 2.28. The Bertz CT molecular complexity index is 686. The van der Waals surface area contributed by atoms with Crippen LogP contribution in [0.5, 0.6) is 5.75 Å². The number of unbranched alkanes of at least 4 members (excludes halogenated alkanes) is 1. The molecule has 2 aromatic rings. The Morgan fingerprint density at radius 1 is 1.26 bits per heavy atom. The number of thiazole rings is 1. The quantitative estimate of drug-likeness (QED) is 0.599. The fourth-order valence-electron chi connectivity index (χ4n) is 1.93. The summed E-state index contributed by atoms with van der Waals surface area (Å²) in [5, 5.41) is 5.96. The first kappa shape index (κ1) is 17.0. The lowest BCUT2D eigenvalue weighted by Crippen LogP contribution is -2.29. The molecule has 1 aromatic carbocycles. The van der Waals surface area contributed by atoms with Crippen LogP contribution in [0.1, 0.15) is 19.3 Å². The van der Waals surface area contributed by atoms with Gasteiger partial charge in [-0.25, -0.2) is 9.78 Å². The minimum Gasteiger partial charge on any atom is -0.497 e. The Morgan fingerprint density at radius 2 is 2.09 bits per heavy atom. The first-order valence-corrected chi connectivity index (χ1v) is 8.00. The largest absolute Gasteiger partial charge is 0.497 e. The molecular formula is C15H19N3O4S. The van der Waals surface area contributed by atoms with Gasteiger partial charge in [-0.3, -0.25) is 10.1 Å².